The van der Waals surface area contributed by atoms with Crippen LogP contribution >= 0.6 is 11.6 Å². The SMILES string of the molecule is COc1cccc(Cl)c1CNCCCS(C)(=O)=O. The molecule has 0 saturated heterocycles. The Morgan fingerprint density at radius 2 is 2.11 bits per heavy atom. The van der Waals surface area contributed by atoms with Crippen LogP contribution in [0.3, 0.4) is 0 Å². The van der Waals surface area contributed by atoms with Crippen molar-refractivity contribution in [3.63, 3.8) is 0 Å². The Morgan fingerprint density at radius 1 is 1.39 bits per heavy atom. The van der Waals surface area contributed by atoms with E-state index in [2.05, 4.69) is 5.32 Å². The lowest BCUT2D eigenvalue weighted by molar-refractivity contribution is 0.408. The molecule has 0 atom stereocenters. The van der Waals surface area contributed by atoms with Crippen LogP contribution in [0.1, 0.15) is 12.0 Å². The summed E-state index contributed by atoms with van der Waals surface area (Å²) in [5.74, 6) is 0.928. The first-order valence-corrected chi connectivity index (χ1v) is 8.07. The summed E-state index contributed by atoms with van der Waals surface area (Å²) < 4.78 is 27.1. The highest BCUT2D eigenvalue weighted by molar-refractivity contribution is 7.90. The van der Waals surface area contributed by atoms with E-state index < -0.39 is 9.84 Å². The molecule has 0 saturated carbocycles. The minimum absolute atomic E-state index is 0.194. The van der Waals surface area contributed by atoms with Crippen molar-refractivity contribution in [2.24, 2.45) is 0 Å². The van der Waals surface area contributed by atoms with Gasteiger partial charge in [-0.15, -0.1) is 0 Å². The third-order valence-electron chi connectivity index (χ3n) is 2.47. The number of rotatable bonds is 7. The number of sulfone groups is 1. The Bertz CT molecular complexity index is 488. The van der Waals surface area contributed by atoms with Gasteiger partial charge in [0.1, 0.15) is 15.6 Å². The van der Waals surface area contributed by atoms with E-state index in [0.717, 1.165) is 11.3 Å². The van der Waals surface area contributed by atoms with Crippen LogP contribution in [0.2, 0.25) is 5.02 Å². The monoisotopic (exact) mass is 291 g/mol. The Labute approximate surface area is 113 Å². The molecule has 0 fully saturated rings. The highest BCUT2D eigenvalue weighted by Gasteiger charge is 2.07. The van der Waals surface area contributed by atoms with E-state index >= 15 is 0 Å². The second kappa shape index (κ2) is 6.97. The van der Waals surface area contributed by atoms with Gasteiger partial charge in [-0.2, -0.15) is 0 Å². The quantitative estimate of drug-likeness (QED) is 0.779. The summed E-state index contributed by atoms with van der Waals surface area (Å²) in [7, 11) is -1.28. The van der Waals surface area contributed by atoms with Crippen LogP contribution < -0.4 is 10.1 Å². The molecule has 0 aliphatic carbocycles. The summed E-state index contributed by atoms with van der Waals surface area (Å²) in [6.45, 7) is 1.19. The molecule has 0 spiro atoms. The second-order valence-electron chi connectivity index (χ2n) is 4.08. The van der Waals surface area contributed by atoms with Crippen molar-refractivity contribution in [2.45, 2.75) is 13.0 Å². The van der Waals surface area contributed by atoms with Crippen LogP contribution in [0.15, 0.2) is 18.2 Å². The smallest absolute Gasteiger partial charge is 0.147 e. The second-order valence-corrected chi connectivity index (χ2v) is 6.75. The van der Waals surface area contributed by atoms with Crippen molar-refractivity contribution in [1.82, 2.24) is 5.32 Å². The standard InChI is InChI=1S/C12H18ClNO3S/c1-17-12-6-3-5-11(13)10(12)9-14-7-4-8-18(2,15)16/h3,5-6,14H,4,7-9H2,1-2H3. The number of methoxy groups -OCH3 is 1. The molecule has 0 heterocycles. The summed E-state index contributed by atoms with van der Waals surface area (Å²) in [6, 6.07) is 5.48. The molecule has 18 heavy (non-hydrogen) atoms. The zero-order valence-corrected chi connectivity index (χ0v) is 12.1. The van der Waals surface area contributed by atoms with Crippen LogP contribution in [0.4, 0.5) is 0 Å². The van der Waals surface area contributed by atoms with Gasteiger partial charge in [0.15, 0.2) is 0 Å². The highest BCUT2D eigenvalue weighted by atomic mass is 35.5. The zero-order valence-electron chi connectivity index (χ0n) is 10.6. The van der Waals surface area contributed by atoms with E-state index in [1.807, 2.05) is 12.1 Å². The van der Waals surface area contributed by atoms with Crippen LogP contribution in [-0.4, -0.2) is 34.1 Å². The normalized spacial score (nSPS) is 11.5. The molecule has 0 amide bonds. The maximum Gasteiger partial charge on any atom is 0.147 e. The van der Waals surface area contributed by atoms with E-state index in [0.29, 0.717) is 24.5 Å². The predicted molar refractivity (Wildman–Crippen MR) is 74.0 cm³/mol. The Morgan fingerprint density at radius 3 is 2.72 bits per heavy atom. The molecule has 6 heteroatoms. The molecule has 1 rings (SSSR count). The van der Waals surface area contributed by atoms with Crippen molar-refractivity contribution >= 4 is 21.4 Å². The Balaban J connectivity index is 2.44. The molecule has 0 unspecified atom stereocenters. The number of nitrogens with one attached hydrogen (secondary N) is 1. The van der Waals surface area contributed by atoms with Gasteiger partial charge in [-0.1, -0.05) is 17.7 Å². The summed E-state index contributed by atoms with van der Waals surface area (Å²) in [5, 5.41) is 3.80. The van der Waals surface area contributed by atoms with Gasteiger partial charge in [0.25, 0.3) is 0 Å². The van der Waals surface area contributed by atoms with Gasteiger partial charge in [0.05, 0.1) is 12.9 Å². The lowest BCUT2D eigenvalue weighted by Crippen LogP contribution is -2.18. The van der Waals surface area contributed by atoms with E-state index in [9.17, 15) is 8.42 Å². The number of benzene rings is 1. The molecule has 0 bridgehead atoms. The number of halogens is 1. The van der Waals surface area contributed by atoms with Crippen molar-refractivity contribution in [2.75, 3.05) is 25.7 Å². The van der Waals surface area contributed by atoms with Gasteiger partial charge in [-0.3, -0.25) is 0 Å². The fourth-order valence-electron chi connectivity index (χ4n) is 1.57. The molecule has 4 nitrogen and oxygen atoms in total. The minimum Gasteiger partial charge on any atom is -0.496 e. The zero-order chi connectivity index (χ0) is 13.6. The molecule has 0 aromatic heterocycles. The average molecular weight is 292 g/mol. The van der Waals surface area contributed by atoms with Crippen molar-refractivity contribution in [3.05, 3.63) is 28.8 Å². The third kappa shape index (κ3) is 5.25. The molecule has 0 radical (unpaired) electrons. The first-order chi connectivity index (χ1) is 8.44. The van der Waals surface area contributed by atoms with Gasteiger partial charge in [-0.05, 0) is 25.1 Å². The first-order valence-electron chi connectivity index (χ1n) is 5.64. The Kier molecular flexibility index (Phi) is 5.91. The lowest BCUT2D eigenvalue weighted by atomic mass is 10.2. The van der Waals surface area contributed by atoms with Crippen molar-refractivity contribution in [3.8, 4) is 5.75 Å². The fourth-order valence-corrected chi connectivity index (χ4v) is 2.48. The molecule has 0 aliphatic heterocycles. The topological polar surface area (TPSA) is 55.4 Å². The van der Waals surface area contributed by atoms with Crippen molar-refractivity contribution in [1.29, 1.82) is 0 Å². The maximum absolute atomic E-state index is 11.0. The molecular formula is C12H18ClNO3S. The summed E-state index contributed by atoms with van der Waals surface area (Å²) >= 11 is 6.08. The minimum atomic E-state index is -2.88. The Hall–Kier alpha value is -0.780. The molecule has 102 valence electrons. The number of ether oxygens (including phenoxy) is 1. The highest BCUT2D eigenvalue weighted by Crippen LogP contribution is 2.25. The van der Waals surface area contributed by atoms with E-state index in [1.165, 1.54) is 6.26 Å². The average Bonchev–Trinajstić information content (AvgIpc) is 2.29. The molecular weight excluding hydrogens is 274 g/mol. The van der Waals surface area contributed by atoms with Gasteiger partial charge < -0.3 is 10.1 Å². The van der Waals surface area contributed by atoms with E-state index in [1.54, 1.807) is 13.2 Å². The third-order valence-corrected chi connectivity index (χ3v) is 3.85. The van der Waals surface area contributed by atoms with Crippen molar-refractivity contribution < 1.29 is 13.2 Å². The predicted octanol–water partition coefficient (Wildman–Crippen LogP) is 1.87. The first kappa shape index (κ1) is 15.3. The summed E-state index contributed by atoms with van der Waals surface area (Å²) in [6.07, 6.45) is 1.83. The van der Waals surface area contributed by atoms with Crippen LogP contribution in [-0.2, 0) is 16.4 Å². The molecule has 1 aromatic carbocycles. The van der Waals surface area contributed by atoms with Gasteiger partial charge in [0, 0.05) is 23.4 Å². The summed E-state index contributed by atoms with van der Waals surface area (Å²) in [4.78, 5) is 0. The van der Waals surface area contributed by atoms with Gasteiger partial charge >= 0.3 is 0 Å². The largest absolute Gasteiger partial charge is 0.496 e. The van der Waals surface area contributed by atoms with Crippen LogP contribution in [0.25, 0.3) is 0 Å². The molecule has 0 aliphatic rings. The van der Waals surface area contributed by atoms with E-state index in [-0.39, 0.29) is 5.75 Å². The summed E-state index contributed by atoms with van der Waals surface area (Å²) in [5.41, 5.74) is 0.890. The van der Waals surface area contributed by atoms with Gasteiger partial charge in [0.2, 0.25) is 0 Å². The fraction of sp³-hybridized carbons (Fsp3) is 0.500. The number of hydrogen-bond donors (Lipinski definition) is 1. The van der Waals surface area contributed by atoms with Gasteiger partial charge in [-0.25, -0.2) is 8.42 Å². The maximum atomic E-state index is 11.0. The molecule has 1 aromatic rings. The van der Waals surface area contributed by atoms with E-state index in [4.69, 9.17) is 16.3 Å². The molecule has 1 N–H and O–H groups in total. The lowest BCUT2D eigenvalue weighted by Gasteiger charge is -2.11. The van der Waals surface area contributed by atoms with Crippen LogP contribution in [0.5, 0.6) is 5.75 Å². The number of hydrogen-bond acceptors (Lipinski definition) is 4. The van der Waals surface area contributed by atoms with Crippen LogP contribution in [0, 0.1) is 0 Å².